The van der Waals surface area contributed by atoms with E-state index < -0.39 is 6.04 Å². The highest BCUT2D eigenvalue weighted by atomic mass is 35.5. The molecule has 2 amide bonds. The SMILES string of the molecule is CC[C@H](C)NC(=O)[C@H](Cc1ccccc1)N(Cc1ccc(Cl)cc1Cl)C(=O)CSCc1ccc(Cl)c(Cl)c1. The zero-order valence-corrected chi connectivity index (χ0v) is 25.1. The normalized spacial score (nSPS) is 12.6. The van der Waals surface area contributed by atoms with Crippen molar-refractivity contribution >= 4 is 70.0 Å². The molecular formula is C29H30Cl4N2O2S. The number of benzene rings is 3. The number of rotatable bonds is 12. The molecule has 0 heterocycles. The predicted octanol–water partition coefficient (Wildman–Crippen LogP) is 8.09. The Morgan fingerprint density at radius 3 is 2.29 bits per heavy atom. The molecule has 3 rings (SSSR count). The largest absolute Gasteiger partial charge is 0.352 e. The number of carbonyl (C=O) groups is 2. The summed E-state index contributed by atoms with van der Waals surface area (Å²) in [5, 5.41) is 4.97. The minimum atomic E-state index is -0.726. The van der Waals surface area contributed by atoms with E-state index in [1.165, 1.54) is 11.8 Å². The second kappa shape index (κ2) is 15.0. The summed E-state index contributed by atoms with van der Waals surface area (Å²) in [5.74, 6) is 0.381. The van der Waals surface area contributed by atoms with Crippen molar-refractivity contribution < 1.29 is 9.59 Å². The van der Waals surface area contributed by atoms with E-state index in [-0.39, 0.29) is 30.2 Å². The van der Waals surface area contributed by atoms with Crippen LogP contribution in [0.1, 0.15) is 37.0 Å². The standard InChI is InChI=1S/C29H30Cl4N2O2S/c1-3-19(2)34-29(37)27(14-20-7-5-4-6-8-20)35(16-22-10-11-23(30)15-25(22)32)28(36)18-38-17-21-9-12-24(31)26(33)13-21/h4-13,15,19,27H,3,14,16-18H2,1-2H3,(H,34,37)/t19-,27-/m0/s1. The van der Waals surface area contributed by atoms with Gasteiger partial charge in [0.15, 0.2) is 0 Å². The highest BCUT2D eigenvalue weighted by molar-refractivity contribution is 7.99. The highest BCUT2D eigenvalue weighted by Crippen LogP contribution is 2.27. The minimum absolute atomic E-state index is 0.0270. The van der Waals surface area contributed by atoms with Crippen molar-refractivity contribution in [3.8, 4) is 0 Å². The fourth-order valence-corrected chi connectivity index (χ4v) is 5.44. The predicted molar refractivity (Wildman–Crippen MR) is 161 cm³/mol. The van der Waals surface area contributed by atoms with E-state index in [4.69, 9.17) is 46.4 Å². The summed E-state index contributed by atoms with van der Waals surface area (Å²) in [6, 6.07) is 19.5. The molecule has 9 heteroatoms. The molecule has 0 bridgehead atoms. The highest BCUT2D eigenvalue weighted by Gasteiger charge is 2.31. The fourth-order valence-electron chi connectivity index (χ4n) is 3.80. The van der Waals surface area contributed by atoms with Gasteiger partial charge in [0.25, 0.3) is 0 Å². The zero-order chi connectivity index (χ0) is 27.7. The molecule has 0 aliphatic carbocycles. The van der Waals surface area contributed by atoms with Crippen LogP contribution in [0.5, 0.6) is 0 Å². The third-order valence-corrected chi connectivity index (χ3v) is 8.42. The van der Waals surface area contributed by atoms with Crippen molar-refractivity contribution in [2.45, 2.75) is 51.1 Å². The number of halogens is 4. The lowest BCUT2D eigenvalue weighted by Crippen LogP contribution is -2.52. The van der Waals surface area contributed by atoms with E-state index >= 15 is 0 Å². The molecule has 3 aromatic carbocycles. The summed E-state index contributed by atoms with van der Waals surface area (Å²) in [6.45, 7) is 4.13. The van der Waals surface area contributed by atoms with Crippen LogP contribution in [-0.4, -0.2) is 34.6 Å². The van der Waals surface area contributed by atoms with E-state index in [0.717, 1.165) is 17.5 Å². The lowest BCUT2D eigenvalue weighted by atomic mass is 10.0. The quantitative estimate of drug-likeness (QED) is 0.225. The number of hydrogen-bond donors (Lipinski definition) is 1. The van der Waals surface area contributed by atoms with E-state index in [1.54, 1.807) is 35.2 Å². The maximum absolute atomic E-state index is 13.7. The smallest absolute Gasteiger partial charge is 0.243 e. The minimum Gasteiger partial charge on any atom is -0.352 e. The number of amides is 2. The first-order chi connectivity index (χ1) is 18.2. The van der Waals surface area contributed by atoms with Crippen LogP contribution < -0.4 is 5.32 Å². The van der Waals surface area contributed by atoms with Crippen LogP contribution in [0.25, 0.3) is 0 Å². The Hall–Kier alpha value is -1.89. The summed E-state index contributed by atoms with van der Waals surface area (Å²) in [5.41, 5.74) is 2.63. The molecule has 0 aromatic heterocycles. The molecule has 0 saturated heterocycles. The first-order valence-electron chi connectivity index (χ1n) is 12.3. The second-order valence-electron chi connectivity index (χ2n) is 9.02. The Balaban J connectivity index is 1.88. The van der Waals surface area contributed by atoms with Crippen LogP contribution in [-0.2, 0) is 28.3 Å². The van der Waals surface area contributed by atoms with Crippen molar-refractivity contribution in [2.75, 3.05) is 5.75 Å². The van der Waals surface area contributed by atoms with Crippen molar-refractivity contribution in [3.05, 3.63) is 104 Å². The van der Waals surface area contributed by atoms with Gasteiger partial charge in [-0.2, -0.15) is 0 Å². The summed E-state index contributed by atoms with van der Waals surface area (Å²) >= 11 is 26.2. The van der Waals surface area contributed by atoms with E-state index in [9.17, 15) is 9.59 Å². The zero-order valence-electron chi connectivity index (χ0n) is 21.2. The summed E-state index contributed by atoms with van der Waals surface area (Å²) < 4.78 is 0. The summed E-state index contributed by atoms with van der Waals surface area (Å²) in [6.07, 6.45) is 1.15. The van der Waals surface area contributed by atoms with Gasteiger partial charge in [-0.15, -0.1) is 11.8 Å². The fraction of sp³-hybridized carbons (Fsp3) is 0.310. The van der Waals surface area contributed by atoms with E-state index in [2.05, 4.69) is 5.32 Å². The van der Waals surface area contributed by atoms with Gasteiger partial charge in [-0.3, -0.25) is 9.59 Å². The first kappa shape index (κ1) is 30.6. The van der Waals surface area contributed by atoms with Crippen LogP contribution in [0.3, 0.4) is 0 Å². The molecule has 4 nitrogen and oxygen atoms in total. The van der Waals surface area contributed by atoms with Crippen LogP contribution in [0.4, 0.5) is 0 Å². The molecule has 3 aromatic rings. The number of carbonyl (C=O) groups excluding carboxylic acids is 2. The number of thioether (sulfide) groups is 1. The van der Waals surface area contributed by atoms with Gasteiger partial charge < -0.3 is 10.2 Å². The van der Waals surface area contributed by atoms with Crippen LogP contribution in [0.15, 0.2) is 66.7 Å². The van der Waals surface area contributed by atoms with Crippen molar-refractivity contribution in [3.63, 3.8) is 0 Å². The van der Waals surface area contributed by atoms with Crippen LogP contribution in [0.2, 0.25) is 20.1 Å². The number of nitrogens with zero attached hydrogens (tertiary/aromatic N) is 1. The molecule has 2 atom stereocenters. The van der Waals surface area contributed by atoms with Gasteiger partial charge in [0, 0.05) is 34.8 Å². The molecule has 38 heavy (non-hydrogen) atoms. The summed E-state index contributed by atoms with van der Waals surface area (Å²) in [4.78, 5) is 28.9. The molecule has 0 aliphatic rings. The first-order valence-corrected chi connectivity index (χ1v) is 14.9. The summed E-state index contributed by atoms with van der Waals surface area (Å²) in [7, 11) is 0. The average molecular weight is 612 g/mol. The maximum Gasteiger partial charge on any atom is 0.243 e. The molecule has 0 aliphatic heterocycles. The number of hydrogen-bond acceptors (Lipinski definition) is 3. The Bertz CT molecular complexity index is 1240. The van der Waals surface area contributed by atoms with E-state index in [1.807, 2.05) is 50.2 Å². The van der Waals surface area contributed by atoms with Crippen molar-refractivity contribution in [2.24, 2.45) is 0 Å². The second-order valence-corrected chi connectivity index (χ2v) is 11.7. The molecule has 202 valence electrons. The lowest BCUT2D eigenvalue weighted by Gasteiger charge is -2.32. The Morgan fingerprint density at radius 2 is 1.63 bits per heavy atom. The molecule has 0 spiro atoms. The molecule has 1 N–H and O–H groups in total. The van der Waals surface area contributed by atoms with Gasteiger partial charge in [0.05, 0.1) is 15.8 Å². The lowest BCUT2D eigenvalue weighted by molar-refractivity contribution is -0.139. The van der Waals surface area contributed by atoms with Gasteiger partial charge >= 0.3 is 0 Å². The third kappa shape index (κ3) is 9.10. The van der Waals surface area contributed by atoms with Crippen LogP contribution >= 0.6 is 58.2 Å². The Labute approximate surface area is 249 Å². The molecule has 0 fully saturated rings. The van der Waals surface area contributed by atoms with Gasteiger partial charge in [0.2, 0.25) is 11.8 Å². The third-order valence-electron chi connectivity index (χ3n) is 6.11. The van der Waals surface area contributed by atoms with Gasteiger partial charge in [-0.1, -0.05) is 95.8 Å². The monoisotopic (exact) mass is 610 g/mol. The maximum atomic E-state index is 13.7. The molecule has 0 radical (unpaired) electrons. The van der Waals surface area contributed by atoms with Crippen LogP contribution in [0, 0.1) is 0 Å². The van der Waals surface area contributed by atoms with Gasteiger partial charge in [-0.25, -0.2) is 0 Å². The van der Waals surface area contributed by atoms with Gasteiger partial charge in [-0.05, 0) is 54.3 Å². The molecular weight excluding hydrogens is 582 g/mol. The molecule has 0 saturated carbocycles. The Kier molecular flexibility index (Phi) is 12.1. The average Bonchev–Trinajstić information content (AvgIpc) is 2.89. The van der Waals surface area contributed by atoms with E-state index in [0.29, 0.717) is 37.8 Å². The number of nitrogens with one attached hydrogen (secondary N) is 1. The topological polar surface area (TPSA) is 49.4 Å². The van der Waals surface area contributed by atoms with Gasteiger partial charge in [0.1, 0.15) is 6.04 Å². The Morgan fingerprint density at radius 1 is 0.895 bits per heavy atom. The van der Waals surface area contributed by atoms with Crippen molar-refractivity contribution in [1.29, 1.82) is 0 Å². The molecule has 0 unspecified atom stereocenters. The van der Waals surface area contributed by atoms with Crippen molar-refractivity contribution in [1.82, 2.24) is 10.2 Å².